The summed E-state index contributed by atoms with van der Waals surface area (Å²) >= 11 is 0. The summed E-state index contributed by atoms with van der Waals surface area (Å²) in [5.74, 6) is 0.489. The van der Waals surface area contributed by atoms with Crippen molar-refractivity contribution < 1.29 is 0 Å². The summed E-state index contributed by atoms with van der Waals surface area (Å²) in [4.78, 5) is 4.29. The van der Waals surface area contributed by atoms with Crippen LogP contribution in [0.3, 0.4) is 0 Å². The highest BCUT2D eigenvalue weighted by molar-refractivity contribution is 6.28. The molecule has 0 atom stereocenters. The van der Waals surface area contributed by atoms with Gasteiger partial charge in [0.1, 0.15) is 0 Å². The second-order valence-corrected chi connectivity index (χ2v) is 10.2. The van der Waals surface area contributed by atoms with Crippen LogP contribution in [0, 0.1) is 0 Å². The van der Waals surface area contributed by atoms with Gasteiger partial charge in [-0.3, -0.25) is 4.98 Å². The molecular weight excluding hydrogens is 446 g/mol. The van der Waals surface area contributed by atoms with Gasteiger partial charge in [0.2, 0.25) is 0 Å². The molecule has 0 amide bonds. The predicted molar refractivity (Wildman–Crippen MR) is 158 cm³/mol. The van der Waals surface area contributed by atoms with Gasteiger partial charge < -0.3 is 0 Å². The molecule has 37 heavy (non-hydrogen) atoms. The van der Waals surface area contributed by atoms with Crippen LogP contribution in [0.4, 0.5) is 0 Å². The Labute approximate surface area is 217 Å². The van der Waals surface area contributed by atoms with Gasteiger partial charge in [0.05, 0.1) is 0 Å². The molecule has 7 rings (SSSR count). The van der Waals surface area contributed by atoms with Gasteiger partial charge in [-0.1, -0.05) is 105 Å². The quantitative estimate of drug-likeness (QED) is 0.232. The van der Waals surface area contributed by atoms with Crippen molar-refractivity contribution in [3.8, 4) is 33.4 Å². The number of nitrogens with zero attached hydrogens (tertiary/aromatic N) is 1. The summed E-state index contributed by atoms with van der Waals surface area (Å²) in [5.41, 5.74) is 8.82. The summed E-state index contributed by atoms with van der Waals surface area (Å²) in [7, 11) is 0. The Morgan fingerprint density at radius 3 is 1.76 bits per heavy atom. The zero-order valence-electron chi connectivity index (χ0n) is 21.1. The average Bonchev–Trinajstić information content (AvgIpc) is 2.96. The molecule has 176 valence electrons. The van der Waals surface area contributed by atoms with E-state index in [2.05, 4.69) is 128 Å². The monoisotopic (exact) mass is 473 g/mol. The maximum atomic E-state index is 4.29. The van der Waals surface area contributed by atoms with E-state index in [9.17, 15) is 0 Å². The first-order valence-corrected chi connectivity index (χ1v) is 13.0. The van der Waals surface area contributed by atoms with Crippen LogP contribution in [-0.4, -0.2) is 4.98 Å². The molecule has 7 aromatic rings. The van der Waals surface area contributed by atoms with Gasteiger partial charge in [-0.25, -0.2) is 0 Å². The Hall–Kier alpha value is -4.49. The van der Waals surface area contributed by atoms with Gasteiger partial charge in [0, 0.05) is 12.4 Å². The Morgan fingerprint density at radius 2 is 1.08 bits per heavy atom. The van der Waals surface area contributed by atoms with Crippen LogP contribution in [-0.2, 0) is 0 Å². The molecule has 0 bridgehead atoms. The second kappa shape index (κ2) is 8.57. The minimum absolute atomic E-state index is 0.489. The maximum absolute atomic E-state index is 4.29. The van der Waals surface area contributed by atoms with Crippen molar-refractivity contribution in [3.05, 3.63) is 127 Å². The normalized spacial score (nSPS) is 11.8. The first kappa shape index (κ1) is 21.8. The molecule has 1 heteroatoms. The number of hydrogen-bond donors (Lipinski definition) is 0. The Morgan fingerprint density at radius 1 is 0.486 bits per heavy atom. The molecule has 0 fully saturated rings. The molecule has 0 aliphatic heterocycles. The fourth-order valence-corrected chi connectivity index (χ4v) is 5.85. The van der Waals surface area contributed by atoms with Gasteiger partial charge in [-0.2, -0.15) is 0 Å². The summed E-state index contributed by atoms with van der Waals surface area (Å²) in [6.07, 6.45) is 3.78. The van der Waals surface area contributed by atoms with Gasteiger partial charge in [0.25, 0.3) is 0 Å². The van der Waals surface area contributed by atoms with Gasteiger partial charge in [0.15, 0.2) is 0 Å². The molecule has 0 N–H and O–H groups in total. The van der Waals surface area contributed by atoms with Crippen LogP contribution in [0.5, 0.6) is 0 Å². The summed E-state index contributed by atoms with van der Waals surface area (Å²) in [5, 5.41) is 7.91. The topological polar surface area (TPSA) is 12.9 Å². The van der Waals surface area contributed by atoms with Crippen molar-refractivity contribution in [2.75, 3.05) is 0 Å². The smallest absolute Gasteiger partial charge is 0.0273 e. The van der Waals surface area contributed by atoms with Crippen LogP contribution >= 0.6 is 0 Å². The highest BCUT2D eigenvalue weighted by atomic mass is 14.6. The van der Waals surface area contributed by atoms with Crippen molar-refractivity contribution in [2.24, 2.45) is 0 Å². The lowest BCUT2D eigenvalue weighted by molar-refractivity contribution is 0.870. The average molecular weight is 474 g/mol. The number of hydrogen-bond acceptors (Lipinski definition) is 1. The van der Waals surface area contributed by atoms with Crippen molar-refractivity contribution in [1.82, 2.24) is 4.98 Å². The summed E-state index contributed by atoms with van der Waals surface area (Å²) < 4.78 is 0. The third-order valence-electron chi connectivity index (χ3n) is 7.70. The highest BCUT2D eigenvalue weighted by Gasteiger charge is 2.19. The number of pyridine rings is 1. The highest BCUT2D eigenvalue weighted by Crippen LogP contribution is 2.46. The van der Waals surface area contributed by atoms with Crippen molar-refractivity contribution >= 4 is 32.3 Å². The lowest BCUT2D eigenvalue weighted by atomic mass is 9.83. The molecule has 0 saturated heterocycles. The SMILES string of the molecule is CC(C)c1cc2ccc3c(-c4ccncc4)cc(-c4ccccc4-c4ccccc4)c4ccc(c1)c2c34. The lowest BCUT2D eigenvalue weighted by Gasteiger charge is -2.20. The molecule has 1 aromatic heterocycles. The molecule has 0 radical (unpaired) electrons. The lowest BCUT2D eigenvalue weighted by Crippen LogP contribution is -1.94. The first-order valence-electron chi connectivity index (χ1n) is 13.0. The molecular formula is C36H27N. The Bertz CT molecular complexity index is 1860. The summed E-state index contributed by atoms with van der Waals surface area (Å²) in [6.45, 7) is 4.54. The first-order chi connectivity index (χ1) is 18.2. The largest absolute Gasteiger partial charge is 0.265 e. The molecule has 6 aromatic carbocycles. The standard InChI is InChI=1S/C36H27N/c1-23(2)28-20-26-12-14-31-33(25-16-18-37-19-17-25)22-34(32-15-13-27(21-28)35(26)36(31)32)30-11-7-6-10-29(30)24-8-4-3-5-9-24/h3-23H,1-2H3. The number of rotatable bonds is 4. The molecule has 1 heterocycles. The van der Waals surface area contributed by atoms with Crippen LogP contribution in [0.1, 0.15) is 25.3 Å². The van der Waals surface area contributed by atoms with Crippen molar-refractivity contribution in [3.63, 3.8) is 0 Å². The van der Waals surface area contributed by atoms with E-state index in [0.29, 0.717) is 5.92 Å². The van der Waals surface area contributed by atoms with E-state index in [-0.39, 0.29) is 0 Å². The predicted octanol–water partition coefficient (Wildman–Crippen LogP) is 10.1. The van der Waals surface area contributed by atoms with Gasteiger partial charge in [-0.15, -0.1) is 0 Å². The van der Waals surface area contributed by atoms with Gasteiger partial charge >= 0.3 is 0 Å². The minimum Gasteiger partial charge on any atom is -0.265 e. The molecule has 0 aliphatic rings. The third kappa shape index (κ3) is 3.50. The van der Waals surface area contributed by atoms with Crippen LogP contribution < -0.4 is 0 Å². The molecule has 0 aliphatic carbocycles. The van der Waals surface area contributed by atoms with E-state index in [4.69, 9.17) is 0 Å². The zero-order chi connectivity index (χ0) is 24.9. The second-order valence-electron chi connectivity index (χ2n) is 10.2. The summed E-state index contributed by atoms with van der Waals surface area (Å²) in [6, 6.07) is 40.2. The Balaban J connectivity index is 1.64. The molecule has 0 unspecified atom stereocenters. The van der Waals surface area contributed by atoms with E-state index in [1.54, 1.807) is 0 Å². The van der Waals surface area contributed by atoms with E-state index in [1.165, 1.54) is 71.3 Å². The Kier molecular flexibility index (Phi) is 5.04. The maximum Gasteiger partial charge on any atom is 0.0273 e. The molecule has 0 spiro atoms. The molecule has 1 nitrogen and oxygen atoms in total. The number of benzene rings is 6. The minimum atomic E-state index is 0.489. The fourth-order valence-electron chi connectivity index (χ4n) is 5.85. The fraction of sp³-hybridized carbons (Fsp3) is 0.0833. The van der Waals surface area contributed by atoms with Crippen LogP contribution in [0.2, 0.25) is 0 Å². The van der Waals surface area contributed by atoms with Crippen molar-refractivity contribution in [2.45, 2.75) is 19.8 Å². The third-order valence-corrected chi connectivity index (χ3v) is 7.70. The number of aromatic nitrogens is 1. The van der Waals surface area contributed by atoms with Crippen molar-refractivity contribution in [1.29, 1.82) is 0 Å². The van der Waals surface area contributed by atoms with Crippen LogP contribution in [0.15, 0.2) is 122 Å². The van der Waals surface area contributed by atoms with E-state index >= 15 is 0 Å². The zero-order valence-corrected chi connectivity index (χ0v) is 21.1. The van der Waals surface area contributed by atoms with Gasteiger partial charge in [-0.05, 0) is 95.4 Å². The van der Waals surface area contributed by atoms with E-state index < -0.39 is 0 Å². The van der Waals surface area contributed by atoms with E-state index in [1.807, 2.05) is 12.4 Å². The molecule has 0 saturated carbocycles. The van der Waals surface area contributed by atoms with Crippen LogP contribution in [0.25, 0.3) is 65.7 Å². The van der Waals surface area contributed by atoms with E-state index in [0.717, 1.165) is 0 Å².